The van der Waals surface area contributed by atoms with Crippen molar-refractivity contribution in [2.75, 3.05) is 19.7 Å². The van der Waals surface area contributed by atoms with Gasteiger partial charge >= 0.3 is 0 Å². The van der Waals surface area contributed by atoms with Gasteiger partial charge in [0.1, 0.15) is 5.75 Å². The quantitative estimate of drug-likeness (QED) is 0.762. The average Bonchev–Trinajstić information content (AvgIpc) is 2.89. The van der Waals surface area contributed by atoms with Crippen LogP contribution in [0.1, 0.15) is 27.9 Å². The minimum absolute atomic E-state index is 0.0600. The molecule has 0 saturated carbocycles. The van der Waals surface area contributed by atoms with Gasteiger partial charge in [0, 0.05) is 36.1 Å². The van der Waals surface area contributed by atoms with Crippen molar-refractivity contribution >= 4 is 16.8 Å². The molecule has 4 rings (SSSR count). The molecule has 0 unspecified atom stereocenters. The van der Waals surface area contributed by atoms with Crippen LogP contribution in [-0.4, -0.2) is 35.5 Å². The van der Waals surface area contributed by atoms with Crippen LogP contribution >= 0.6 is 0 Å². The summed E-state index contributed by atoms with van der Waals surface area (Å²) >= 11 is 0. The highest BCUT2D eigenvalue weighted by molar-refractivity contribution is 5.85. The number of para-hydroxylation sites is 1. The van der Waals surface area contributed by atoms with Crippen LogP contribution in [0.15, 0.2) is 36.4 Å². The Bertz CT molecular complexity index is 1000. The molecule has 1 aliphatic heterocycles. The molecule has 2 aromatic carbocycles. The van der Waals surface area contributed by atoms with Gasteiger partial charge in [-0.3, -0.25) is 4.79 Å². The van der Waals surface area contributed by atoms with Crippen LogP contribution in [0.5, 0.6) is 5.75 Å². The number of nitrogens with one attached hydrogen (secondary N) is 1. The van der Waals surface area contributed by atoms with Crippen molar-refractivity contribution in [3.8, 4) is 5.75 Å². The Morgan fingerprint density at radius 3 is 2.63 bits per heavy atom. The van der Waals surface area contributed by atoms with Crippen molar-refractivity contribution in [1.82, 2.24) is 9.88 Å². The lowest BCUT2D eigenvalue weighted by Crippen LogP contribution is -2.37. The Morgan fingerprint density at radius 2 is 1.78 bits per heavy atom. The first-order chi connectivity index (χ1) is 13.0. The van der Waals surface area contributed by atoms with Gasteiger partial charge in [-0.25, -0.2) is 0 Å². The Labute approximate surface area is 160 Å². The first kappa shape index (κ1) is 17.7. The predicted octanol–water partition coefficient (Wildman–Crippen LogP) is 4.10. The second-order valence-electron chi connectivity index (χ2n) is 7.45. The molecule has 1 aliphatic rings. The summed E-state index contributed by atoms with van der Waals surface area (Å²) in [5, 5.41) is 1.28. The number of hydrogen-bond donors (Lipinski definition) is 1. The molecule has 0 radical (unpaired) electrons. The lowest BCUT2D eigenvalue weighted by molar-refractivity contribution is -0.133. The molecule has 0 saturated heterocycles. The largest absolute Gasteiger partial charge is 0.483 e. The number of nitrogens with zero attached hydrogens (tertiary/aromatic N) is 1. The Hall–Kier alpha value is -2.75. The summed E-state index contributed by atoms with van der Waals surface area (Å²) in [4.78, 5) is 18.2. The Balaban J connectivity index is 1.44. The van der Waals surface area contributed by atoms with E-state index in [-0.39, 0.29) is 12.5 Å². The maximum Gasteiger partial charge on any atom is 0.260 e. The van der Waals surface area contributed by atoms with Crippen LogP contribution in [-0.2, 0) is 17.6 Å². The van der Waals surface area contributed by atoms with Crippen LogP contribution in [0.4, 0.5) is 0 Å². The van der Waals surface area contributed by atoms with E-state index in [2.05, 4.69) is 42.2 Å². The fourth-order valence-electron chi connectivity index (χ4n) is 3.98. The molecule has 0 spiro atoms. The zero-order valence-corrected chi connectivity index (χ0v) is 16.3. The number of aryl methyl sites for hydroxylation is 2. The van der Waals surface area contributed by atoms with Crippen LogP contribution in [0, 0.1) is 20.8 Å². The fourth-order valence-corrected chi connectivity index (χ4v) is 3.98. The third-order valence-electron chi connectivity index (χ3n) is 5.73. The molecule has 140 valence electrons. The number of aromatic nitrogens is 1. The summed E-state index contributed by atoms with van der Waals surface area (Å²) in [6.07, 6.45) is 1.74. The monoisotopic (exact) mass is 362 g/mol. The molecule has 4 heteroatoms. The van der Waals surface area contributed by atoms with E-state index in [0.717, 1.165) is 42.8 Å². The van der Waals surface area contributed by atoms with Crippen molar-refractivity contribution in [3.63, 3.8) is 0 Å². The maximum absolute atomic E-state index is 12.8. The summed E-state index contributed by atoms with van der Waals surface area (Å²) < 4.78 is 5.93. The zero-order valence-electron chi connectivity index (χ0n) is 16.3. The molecule has 3 aromatic rings. The number of fused-ring (bicyclic) bond motifs is 3. The minimum Gasteiger partial charge on any atom is -0.483 e. The van der Waals surface area contributed by atoms with Gasteiger partial charge in [-0.05, 0) is 55.5 Å². The van der Waals surface area contributed by atoms with Crippen LogP contribution < -0.4 is 4.74 Å². The summed E-state index contributed by atoms with van der Waals surface area (Å²) in [6, 6.07) is 12.5. The number of benzene rings is 2. The number of hydrogen-bond acceptors (Lipinski definition) is 2. The maximum atomic E-state index is 12.8. The Kier molecular flexibility index (Phi) is 4.65. The molecular formula is C23H26N2O2. The van der Waals surface area contributed by atoms with E-state index in [4.69, 9.17) is 4.74 Å². The third-order valence-corrected chi connectivity index (χ3v) is 5.73. The highest BCUT2D eigenvalue weighted by Gasteiger charge is 2.22. The second kappa shape index (κ2) is 7.10. The van der Waals surface area contributed by atoms with E-state index in [0.29, 0.717) is 0 Å². The van der Waals surface area contributed by atoms with Crippen LogP contribution in [0.25, 0.3) is 10.9 Å². The topological polar surface area (TPSA) is 45.3 Å². The lowest BCUT2D eigenvalue weighted by Gasteiger charge is -2.21. The number of carbonyl (C=O) groups is 1. The van der Waals surface area contributed by atoms with Crippen molar-refractivity contribution in [3.05, 3.63) is 64.3 Å². The number of aromatic amines is 1. The van der Waals surface area contributed by atoms with Crippen molar-refractivity contribution < 1.29 is 9.53 Å². The van der Waals surface area contributed by atoms with Crippen molar-refractivity contribution in [2.24, 2.45) is 0 Å². The van der Waals surface area contributed by atoms with E-state index in [1.807, 2.05) is 24.8 Å². The van der Waals surface area contributed by atoms with Gasteiger partial charge in [0.15, 0.2) is 6.61 Å². The number of ether oxygens (including phenoxy) is 1. The minimum atomic E-state index is 0.0600. The number of rotatable bonds is 3. The van der Waals surface area contributed by atoms with Gasteiger partial charge in [0.2, 0.25) is 0 Å². The number of carbonyl (C=O) groups excluding carboxylic acids is 1. The van der Waals surface area contributed by atoms with E-state index < -0.39 is 0 Å². The van der Waals surface area contributed by atoms with Crippen LogP contribution in [0.3, 0.4) is 0 Å². The lowest BCUT2D eigenvalue weighted by atomic mass is 10.1. The van der Waals surface area contributed by atoms with Crippen molar-refractivity contribution in [2.45, 2.75) is 33.6 Å². The molecule has 27 heavy (non-hydrogen) atoms. The highest BCUT2D eigenvalue weighted by atomic mass is 16.5. The smallest absolute Gasteiger partial charge is 0.260 e. The first-order valence-electron chi connectivity index (χ1n) is 9.60. The van der Waals surface area contributed by atoms with Gasteiger partial charge in [-0.2, -0.15) is 0 Å². The van der Waals surface area contributed by atoms with Gasteiger partial charge in [0.25, 0.3) is 5.91 Å². The molecule has 0 bridgehead atoms. The molecule has 1 amide bonds. The normalized spacial score (nSPS) is 14.1. The molecule has 0 fully saturated rings. The van der Waals surface area contributed by atoms with E-state index in [1.165, 1.54) is 27.7 Å². The summed E-state index contributed by atoms with van der Waals surface area (Å²) in [7, 11) is 0. The molecular weight excluding hydrogens is 336 g/mol. The fraction of sp³-hybridized carbons (Fsp3) is 0.348. The van der Waals surface area contributed by atoms with Gasteiger partial charge < -0.3 is 14.6 Å². The Morgan fingerprint density at radius 1 is 1.04 bits per heavy atom. The SMILES string of the molecule is Cc1ccc(C)c(OCC(=O)N2CCc3[nH]c4ccccc4c3CC2)c1C. The van der Waals surface area contributed by atoms with Gasteiger partial charge in [-0.1, -0.05) is 30.3 Å². The molecule has 1 aromatic heterocycles. The zero-order chi connectivity index (χ0) is 19.0. The standard InChI is InChI=1S/C23H26N2O2/c1-15-8-9-16(2)23(17(15)3)27-14-22(26)25-12-10-19-18-6-4-5-7-20(18)24-21(19)11-13-25/h4-9,24H,10-14H2,1-3H3. The van der Waals surface area contributed by atoms with E-state index >= 15 is 0 Å². The molecule has 1 N–H and O–H groups in total. The average molecular weight is 362 g/mol. The van der Waals surface area contributed by atoms with Crippen LogP contribution in [0.2, 0.25) is 0 Å². The second-order valence-corrected chi connectivity index (χ2v) is 7.45. The molecule has 0 aliphatic carbocycles. The van der Waals surface area contributed by atoms with Crippen molar-refractivity contribution in [1.29, 1.82) is 0 Å². The summed E-state index contributed by atoms with van der Waals surface area (Å²) in [5.41, 5.74) is 7.17. The van der Waals surface area contributed by atoms with Gasteiger partial charge in [0.05, 0.1) is 0 Å². The number of H-pyrrole nitrogens is 1. The molecule has 2 heterocycles. The molecule has 4 nitrogen and oxygen atoms in total. The summed E-state index contributed by atoms with van der Waals surface area (Å²) in [6.45, 7) is 7.70. The predicted molar refractivity (Wildman–Crippen MR) is 108 cm³/mol. The number of amides is 1. The third kappa shape index (κ3) is 3.32. The highest BCUT2D eigenvalue weighted by Crippen LogP contribution is 2.27. The summed E-state index contributed by atoms with van der Waals surface area (Å²) in [5.74, 6) is 0.902. The molecule has 0 atom stereocenters. The first-order valence-corrected chi connectivity index (χ1v) is 9.60. The van der Waals surface area contributed by atoms with E-state index in [1.54, 1.807) is 0 Å². The van der Waals surface area contributed by atoms with Gasteiger partial charge in [-0.15, -0.1) is 0 Å². The van der Waals surface area contributed by atoms with E-state index in [9.17, 15) is 4.79 Å².